The average molecular weight is 162 g/mol. The van der Waals surface area contributed by atoms with E-state index in [0.717, 1.165) is 6.42 Å². The third-order valence-corrected chi connectivity index (χ3v) is 1.47. The standard InChI is InChI=1S/C8H15FO2/c1-4-6(2)8(10)11-5-7(3)9/h6-7H,4-5H2,1-3H3. The molecule has 0 rings (SSSR count). The van der Waals surface area contributed by atoms with Crippen LogP contribution in [-0.4, -0.2) is 18.7 Å². The third kappa shape index (κ3) is 4.76. The number of hydrogen-bond donors (Lipinski definition) is 0. The maximum atomic E-state index is 12.2. The van der Waals surface area contributed by atoms with Gasteiger partial charge < -0.3 is 4.74 Å². The van der Waals surface area contributed by atoms with Crippen molar-refractivity contribution >= 4 is 5.97 Å². The average Bonchev–Trinajstić information content (AvgIpc) is 1.98. The van der Waals surface area contributed by atoms with E-state index in [9.17, 15) is 9.18 Å². The number of rotatable bonds is 4. The summed E-state index contributed by atoms with van der Waals surface area (Å²) >= 11 is 0. The van der Waals surface area contributed by atoms with E-state index in [1.165, 1.54) is 6.92 Å². The second-order valence-corrected chi connectivity index (χ2v) is 2.72. The van der Waals surface area contributed by atoms with Crippen LogP contribution in [0.15, 0.2) is 0 Å². The van der Waals surface area contributed by atoms with Crippen molar-refractivity contribution < 1.29 is 13.9 Å². The van der Waals surface area contributed by atoms with Gasteiger partial charge in [0.1, 0.15) is 12.8 Å². The van der Waals surface area contributed by atoms with Gasteiger partial charge >= 0.3 is 5.97 Å². The van der Waals surface area contributed by atoms with Gasteiger partial charge in [-0.25, -0.2) is 4.39 Å². The molecule has 0 spiro atoms. The Morgan fingerprint density at radius 3 is 2.45 bits per heavy atom. The van der Waals surface area contributed by atoms with E-state index in [1.54, 1.807) is 6.92 Å². The molecule has 0 aliphatic carbocycles. The van der Waals surface area contributed by atoms with Crippen LogP contribution in [0.1, 0.15) is 27.2 Å². The molecule has 66 valence electrons. The molecule has 0 aromatic rings. The predicted molar refractivity (Wildman–Crippen MR) is 41.0 cm³/mol. The van der Waals surface area contributed by atoms with Crippen molar-refractivity contribution in [2.45, 2.75) is 33.4 Å². The fourth-order valence-corrected chi connectivity index (χ4v) is 0.506. The Balaban J connectivity index is 3.52. The summed E-state index contributed by atoms with van der Waals surface area (Å²) in [5.74, 6) is -0.425. The molecule has 3 heteroatoms. The van der Waals surface area contributed by atoms with E-state index >= 15 is 0 Å². The topological polar surface area (TPSA) is 26.3 Å². The summed E-state index contributed by atoms with van der Waals surface area (Å²) in [5, 5.41) is 0. The van der Waals surface area contributed by atoms with Crippen molar-refractivity contribution in [3.63, 3.8) is 0 Å². The molecule has 0 saturated heterocycles. The fraction of sp³-hybridized carbons (Fsp3) is 0.875. The van der Waals surface area contributed by atoms with Gasteiger partial charge in [0.05, 0.1) is 5.92 Å². The second-order valence-electron chi connectivity index (χ2n) is 2.72. The van der Waals surface area contributed by atoms with Crippen LogP contribution in [0.3, 0.4) is 0 Å². The van der Waals surface area contributed by atoms with Crippen LogP contribution in [0.25, 0.3) is 0 Å². The van der Waals surface area contributed by atoms with Gasteiger partial charge in [-0.05, 0) is 13.3 Å². The maximum absolute atomic E-state index is 12.2. The van der Waals surface area contributed by atoms with Gasteiger partial charge in [-0.2, -0.15) is 0 Å². The first-order chi connectivity index (χ1) is 5.07. The highest BCUT2D eigenvalue weighted by Crippen LogP contribution is 2.03. The zero-order chi connectivity index (χ0) is 8.85. The molecular weight excluding hydrogens is 147 g/mol. The quantitative estimate of drug-likeness (QED) is 0.590. The van der Waals surface area contributed by atoms with Crippen molar-refractivity contribution in [3.8, 4) is 0 Å². The van der Waals surface area contributed by atoms with Gasteiger partial charge in [-0.1, -0.05) is 13.8 Å². The number of alkyl halides is 1. The zero-order valence-electron chi connectivity index (χ0n) is 7.26. The van der Waals surface area contributed by atoms with E-state index in [-0.39, 0.29) is 18.5 Å². The number of esters is 1. The highest BCUT2D eigenvalue weighted by atomic mass is 19.1. The number of ether oxygens (including phenoxy) is 1. The molecule has 0 fully saturated rings. The molecule has 0 aromatic heterocycles. The van der Waals surface area contributed by atoms with E-state index in [1.807, 2.05) is 6.92 Å². The SMILES string of the molecule is CCC(C)C(=O)OCC(C)F. The molecule has 2 unspecified atom stereocenters. The first-order valence-electron chi connectivity index (χ1n) is 3.88. The van der Waals surface area contributed by atoms with Gasteiger partial charge in [0.2, 0.25) is 0 Å². The molecule has 0 radical (unpaired) electrons. The molecule has 0 aromatic carbocycles. The molecule has 0 aliphatic heterocycles. The highest BCUT2D eigenvalue weighted by Gasteiger charge is 2.12. The molecule has 0 N–H and O–H groups in total. The molecule has 0 aliphatic rings. The summed E-state index contributed by atoms with van der Waals surface area (Å²) in [6, 6.07) is 0. The van der Waals surface area contributed by atoms with Crippen molar-refractivity contribution in [2.75, 3.05) is 6.61 Å². The van der Waals surface area contributed by atoms with Gasteiger partial charge in [-0.3, -0.25) is 4.79 Å². The molecule has 0 heterocycles. The Bertz CT molecular complexity index is 123. The van der Waals surface area contributed by atoms with E-state index in [2.05, 4.69) is 4.74 Å². The van der Waals surface area contributed by atoms with Crippen LogP contribution in [0, 0.1) is 5.92 Å². The van der Waals surface area contributed by atoms with Crippen LogP contribution in [0.4, 0.5) is 4.39 Å². The number of hydrogen-bond acceptors (Lipinski definition) is 2. The molecule has 2 atom stereocenters. The molecule has 0 amide bonds. The van der Waals surface area contributed by atoms with Crippen LogP contribution >= 0.6 is 0 Å². The van der Waals surface area contributed by atoms with Crippen LogP contribution in [0.2, 0.25) is 0 Å². The van der Waals surface area contributed by atoms with E-state index < -0.39 is 6.17 Å². The molecule has 0 saturated carbocycles. The number of carbonyl (C=O) groups is 1. The molecule has 2 nitrogen and oxygen atoms in total. The normalized spacial score (nSPS) is 15.6. The van der Waals surface area contributed by atoms with Crippen molar-refractivity contribution in [3.05, 3.63) is 0 Å². The maximum Gasteiger partial charge on any atom is 0.308 e. The van der Waals surface area contributed by atoms with Crippen molar-refractivity contribution in [2.24, 2.45) is 5.92 Å². The van der Waals surface area contributed by atoms with Gasteiger partial charge in [0, 0.05) is 0 Å². The minimum absolute atomic E-state index is 0.117. The summed E-state index contributed by atoms with van der Waals surface area (Å²) in [5.41, 5.74) is 0. The summed E-state index contributed by atoms with van der Waals surface area (Å²) in [6.07, 6.45) is -0.331. The first-order valence-corrected chi connectivity index (χ1v) is 3.88. The third-order valence-electron chi connectivity index (χ3n) is 1.47. The summed E-state index contributed by atoms with van der Waals surface area (Å²) in [6.45, 7) is 4.91. The summed E-state index contributed by atoms with van der Waals surface area (Å²) < 4.78 is 16.8. The molecule has 11 heavy (non-hydrogen) atoms. The Morgan fingerprint density at radius 2 is 2.09 bits per heavy atom. The lowest BCUT2D eigenvalue weighted by Gasteiger charge is -2.08. The monoisotopic (exact) mass is 162 g/mol. The fourth-order valence-electron chi connectivity index (χ4n) is 0.506. The molecular formula is C8H15FO2. The van der Waals surface area contributed by atoms with Gasteiger partial charge in [-0.15, -0.1) is 0 Å². The lowest BCUT2D eigenvalue weighted by Crippen LogP contribution is -2.18. The Kier molecular flexibility index (Phi) is 4.83. The zero-order valence-corrected chi connectivity index (χ0v) is 7.26. The van der Waals surface area contributed by atoms with E-state index in [0.29, 0.717) is 0 Å². The highest BCUT2D eigenvalue weighted by molar-refractivity contribution is 5.71. The van der Waals surface area contributed by atoms with E-state index in [4.69, 9.17) is 0 Å². The Hall–Kier alpha value is -0.600. The Morgan fingerprint density at radius 1 is 1.55 bits per heavy atom. The predicted octanol–water partition coefficient (Wildman–Crippen LogP) is 1.93. The van der Waals surface area contributed by atoms with Crippen molar-refractivity contribution in [1.29, 1.82) is 0 Å². The minimum Gasteiger partial charge on any atom is -0.462 e. The first kappa shape index (κ1) is 10.4. The largest absolute Gasteiger partial charge is 0.462 e. The van der Waals surface area contributed by atoms with Crippen LogP contribution in [-0.2, 0) is 9.53 Å². The number of carbonyl (C=O) groups excluding carboxylic acids is 1. The summed E-state index contributed by atoms with van der Waals surface area (Å²) in [4.78, 5) is 10.9. The van der Waals surface area contributed by atoms with Crippen molar-refractivity contribution in [1.82, 2.24) is 0 Å². The van der Waals surface area contributed by atoms with Crippen LogP contribution in [0.5, 0.6) is 0 Å². The lowest BCUT2D eigenvalue weighted by atomic mass is 10.1. The molecule has 0 bridgehead atoms. The van der Waals surface area contributed by atoms with Gasteiger partial charge in [0.25, 0.3) is 0 Å². The number of halogens is 1. The second kappa shape index (κ2) is 5.10. The smallest absolute Gasteiger partial charge is 0.308 e. The van der Waals surface area contributed by atoms with Crippen LogP contribution < -0.4 is 0 Å². The summed E-state index contributed by atoms with van der Waals surface area (Å²) in [7, 11) is 0. The van der Waals surface area contributed by atoms with Gasteiger partial charge in [0.15, 0.2) is 0 Å². The Labute approximate surface area is 66.7 Å². The minimum atomic E-state index is -1.07. The lowest BCUT2D eigenvalue weighted by molar-refractivity contribution is -0.149.